The maximum absolute atomic E-state index is 11.6. The van der Waals surface area contributed by atoms with Crippen LogP contribution in [0.3, 0.4) is 0 Å². The molecular formula is C10H20N2O2. The number of carbonyl (C=O) groups excluding carboxylic acids is 1. The van der Waals surface area contributed by atoms with Crippen molar-refractivity contribution in [2.45, 2.75) is 26.4 Å². The number of hydrogen-bond acceptors (Lipinski definition) is 3. The van der Waals surface area contributed by atoms with E-state index >= 15 is 0 Å². The summed E-state index contributed by atoms with van der Waals surface area (Å²) in [5.41, 5.74) is 0. The molecule has 1 saturated heterocycles. The minimum absolute atomic E-state index is 0.186. The van der Waals surface area contributed by atoms with Crippen molar-refractivity contribution in [3.8, 4) is 0 Å². The molecule has 1 N–H and O–H groups in total. The summed E-state index contributed by atoms with van der Waals surface area (Å²) in [6, 6.07) is 0. The summed E-state index contributed by atoms with van der Waals surface area (Å²) >= 11 is 0. The summed E-state index contributed by atoms with van der Waals surface area (Å²) in [5.74, 6) is 0.186. The Balaban J connectivity index is 2.47. The molecule has 1 unspecified atom stereocenters. The van der Waals surface area contributed by atoms with Crippen LogP contribution in [0.1, 0.15) is 20.3 Å². The van der Waals surface area contributed by atoms with Crippen LogP contribution in [-0.4, -0.2) is 59.6 Å². The zero-order valence-electron chi connectivity index (χ0n) is 9.07. The van der Waals surface area contributed by atoms with Crippen molar-refractivity contribution in [1.82, 2.24) is 9.80 Å². The number of nitrogens with zero attached hydrogens (tertiary/aromatic N) is 2. The van der Waals surface area contributed by atoms with E-state index in [1.165, 1.54) is 0 Å². The number of aliphatic hydroxyl groups is 1. The molecule has 82 valence electrons. The van der Waals surface area contributed by atoms with Gasteiger partial charge in [-0.1, -0.05) is 0 Å². The molecule has 0 bridgehead atoms. The first-order valence-electron chi connectivity index (χ1n) is 5.31. The second-order valence-electron chi connectivity index (χ2n) is 3.91. The standard InChI is InChI=1S/C10H20N2O2/c1-3-12-6-4-5-11(7-9(2)13)8-10(12)14/h9,13H,3-8H2,1-2H3. The Labute approximate surface area is 85.5 Å². The van der Waals surface area contributed by atoms with Crippen molar-refractivity contribution in [2.24, 2.45) is 0 Å². The molecule has 1 atom stereocenters. The Kier molecular flexibility index (Phi) is 4.35. The van der Waals surface area contributed by atoms with Crippen molar-refractivity contribution in [2.75, 3.05) is 32.7 Å². The number of β-amino-alcohol motifs (C(OH)–C–C–N with tert-alkyl or cyclic N) is 1. The van der Waals surface area contributed by atoms with E-state index in [1.807, 2.05) is 16.7 Å². The van der Waals surface area contributed by atoms with Gasteiger partial charge in [0.1, 0.15) is 0 Å². The van der Waals surface area contributed by atoms with Crippen LogP contribution in [0, 0.1) is 0 Å². The first-order chi connectivity index (χ1) is 6.63. The van der Waals surface area contributed by atoms with Gasteiger partial charge in [0, 0.05) is 26.2 Å². The smallest absolute Gasteiger partial charge is 0.236 e. The van der Waals surface area contributed by atoms with Crippen LogP contribution >= 0.6 is 0 Å². The summed E-state index contributed by atoms with van der Waals surface area (Å²) < 4.78 is 0. The first-order valence-corrected chi connectivity index (χ1v) is 5.31. The Morgan fingerprint density at radius 3 is 2.79 bits per heavy atom. The molecule has 0 aromatic heterocycles. The Hall–Kier alpha value is -0.610. The summed E-state index contributed by atoms with van der Waals surface area (Å²) in [7, 11) is 0. The van der Waals surface area contributed by atoms with E-state index in [9.17, 15) is 9.90 Å². The number of likely N-dealkylation sites (N-methyl/N-ethyl adjacent to an activating group) is 1. The molecule has 1 amide bonds. The Morgan fingerprint density at radius 2 is 2.21 bits per heavy atom. The van der Waals surface area contributed by atoms with Crippen molar-refractivity contribution in [3.05, 3.63) is 0 Å². The molecule has 1 fully saturated rings. The quantitative estimate of drug-likeness (QED) is 0.693. The number of amides is 1. The molecule has 0 radical (unpaired) electrons. The summed E-state index contributed by atoms with van der Waals surface area (Å²) in [6.07, 6.45) is 0.655. The van der Waals surface area contributed by atoms with Gasteiger partial charge in [0.2, 0.25) is 5.91 Å². The highest BCUT2D eigenvalue weighted by molar-refractivity contribution is 5.78. The zero-order chi connectivity index (χ0) is 10.6. The van der Waals surface area contributed by atoms with Crippen molar-refractivity contribution in [1.29, 1.82) is 0 Å². The second kappa shape index (κ2) is 5.32. The summed E-state index contributed by atoms with van der Waals surface area (Å²) in [6.45, 7) is 7.37. The fraction of sp³-hybridized carbons (Fsp3) is 0.900. The van der Waals surface area contributed by atoms with Gasteiger partial charge in [-0.25, -0.2) is 0 Å². The molecule has 0 saturated carbocycles. The maximum atomic E-state index is 11.6. The maximum Gasteiger partial charge on any atom is 0.236 e. The highest BCUT2D eigenvalue weighted by Gasteiger charge is 2.20. The van der Waals surface area contributed by atoms with E-state index in [1.54, 1.807) is 6.92 Å². The molecule has 0 aromatic rings. The first kappa shape index (κ1) is 11.5. The minimum Gasteiger partial charge on any atom is -0.392 e. The Bertz CT molecular complexity index is 195. The molecule has 1 aliphatic heterocycles. The van der Waals surface area contributed by atoms with Gasteiger partial charge >= 0.3 is 0 Å². The van der Waals surface area contributed by atoms with Crippen LogP contribution < -0.4 is 0 Å². The van der Waals surface area contributed by atoms with E-state index in [2.05, 4.69) is 0 Å². The van der Waals surface area contributed by atoms with E-state index in [4.69, 9.17) is 0 Å². The molecule has 4 heteroatoms. The lowest BCUT2D eigenvalue weighted by molar-refractivity contribution is -0.131. The van der Waals surface area contributed by atoms with Gasteiger partial charge < -0.3 is 10.0 Å². The molecule has 0 spiro atoms. The molecule has 1 heterocycles. The van der Waals surface area contributed by atoms with Gasteiger partial charge in [0.25, 0.3) is 0 Å². The highest BCUT2D eigenvalue weighted by atomic mass is 16.3. The summed E-state index contributed by atoms with van der Waals surface area (Å²) in [5, 5.41) is 9.24. The summed E-state index contributed by atoms with van der Waals surface area (Å²) in [4.78, 5) is 15.5. The normalized spacial score (nSPS) is 22.2. The third-order valence-corrected chi connectivity index (χ3v) is 2.52. The van der Waals surface area contributed by atoms with Crippen LogP contribution in [-0.2, 0) is 4.79 Å². The highest BCUT2D eigenvalue weighted by Crippen LogP contribution is 2.04. The average molecular weight is 200 g/mol. The van der Waals surface area contributed by atoms with Crippen LogP contribution in [0.25, 0.3) is 0 Å². The van der Waals surface area contributed by atoms with Crippen molar-refractivity contribution >= 4 is 5.91 Å². The van der Waals surface area contributed by atoms with Gasteiger partial charge in [-0.05, 0) is 20.3 Å². The third-order valence-electron chi connectivity index (χ3n) is 2.52. The fourth-order valence-electron chi connectivity index (χ4n) is 1.84. The van der Waals surface area contributed by atoms with Crippen LogP contribution in [0.5, 0.6) is 0 Å². The van der Waals surface area contributed by atoms with Gasteiger partial charge in [0.05, 0.1) is 12.6 Å². The molecule has 1 aliphatic rings. The van der Waals surface area contributed by atoms with Gasteiger partial charge in [0.15, 0.2) is 0 Å². The van der Waals surface area contributed by atoms with Crippen LogP contribution in [0.2, 0.25) is 0 Å². The van der Waals surface area contributed by atoms with Gasteiger partial charge in [-0.2, -0.15) is 0 Å². The minimum atomic E-state index is -0.351. The Morgan fingerprint density at radius 1 is 1.50 bits per heavy atom. The topological polar surface area (TPSA) is 43.8 Å². The number of aliphatic hydroxyl groups excluding tert-OH is 1. The lowest BCUT2D eigenvalue weighted by Crippen LogP contribution is -2.38. The third kappa shape index (κ3) is 3.27. The SMILES string of the molecule is CCN1CCCN(CC(C)O)CC1=O. The molecule has 4 nitrogen and oxygen atoms in total. The molecule has 0 aliphatic carbocycles. The largest absolute Gasteiger partial charge is 0.392 e. The second-order valence-corrected chi connectivity index (χ2v) is 3.91. The van der Waals surface area contributed by atoms with E-state index in [0.717, 1.165) is 26.1 Å². The van der Waals surface area contributed by atoms with Crippen molar-refractivity contribution < 1.29 is 9.90 Å². The molecule has 14 heavy (non-hydrogen) atoms. The zero-order valence-corrected chi connectivity index (χ0v) is 9.07. The van der Waals surface area contributed by atoms with Crippen LogP contribution in [0.15, 0.2) is 0 Å². The predicted molar refractivity (Wildman–Crippen MR) is 55.0 cm³/mol. The lowest BCUT2D eigenvalue weighted by Gasteiger charge is -2.21. The van der Waals surface area contributed by atoms with E-state index < -0.39 is 0 Å². The fourth-order valence-corrected chi connectivity index (χ4v) is 1.84. The van der Waals surface area contributed by atoms with Crippen molar-refractivity contribution in [3.63, 3.8) is 0 Å². The van der Waals surface area contributed by atoms with Crippen LogP contribution in [0.4, 0.5) is 0 Å². The number of rotatable bonds is 3. The van der Waals surface area contributed by atoms with Gasteiger partial charge in [-0.3, -0.25) is 9.69 Å². The predicted octanol–water partition coefficient (Wildman–Crippen LogP) is -0.0786. The monoisotopic (exact) mass is 200 g/mol. The van der Waals surface area contributed by atoms with E-state index in [-0.39, 0.29) is 12.0 Å². The molecular weight excluding hydrogens is 180 g/mol. The molecule has 1 rings (SSSR count). The average Bonchev–Trinajstić information content (AvgIpc) is 2.25. The van der Waals surface area contributed by atoms with Gasteiger partial charge in [-0.15, -0.1) is 0 Å². The number of carbonyl (C=O) groups is 1. The van der Waals surface area contributed by atoms with E-state index in [0.29, 0.717) is 13.1 Å². The number of hydrogen-bond donors (Lipinski definition) is 1. The molecule has 0 aromatic carbocycles. The lowest BCUT2D eigenvalue weighted by atomic mass is 10.3.